The van der Waals surface area contributed by atoms with E-state index in [0.717, 1.165) is 49.8 Å². The number of hydrogen-bond acceptors (Lipinski definition) is 4. The molecule has 192 valence electrons. The zero-order valence-electron chi connectivity index (χ0n) is 22.0. The predicted molar refractivity (Wildman–Crippen MR) is 166 cm³/mol. The third kappa shape index (κ3) is 4.05. The van der Waals surface area contributed by atoms with Crippen molar-refractivity contribution in [3.05, 3.63) is 140 Å². The average molecular weight is 526 g/mol. The molecular weight excluding hydrogens is 502 g/mol. The first-order valence-electron chi connectivity index (χ1n) is 13.6. The van der Waals surface area contributed by atoms with Crippen molar-refractivity contribution >= 4 is 32.7 Å². The molecule has 4 nitrogen and oxygen atoms in total. The fraction of sp³-hybridized carbons (Fsp3) is 0. The molecule has 0 unspecified atom stereocenters. The van der Waals surface area contributed by atoms with Gasteiger partial charge in [0.1, 0.15) is 11.2 Å². The molecule has 0 saturated carbocycles. The Bertz CT molecular complexity index is 2140. The fourth-order valence-electron chi connectivity index (χ4n) is 5.59. The Morgan fingerprint density at radius 3 is 1.71 bits per heavy atom. The van der Waals surface area contributed by atoms with Crippen LogP contribution in [0.3, 0.4) is 0 Å². The number of benzene rings is 6. The maximum Gasteiger partial charge on any atom is 0.164 e. The number of fused-ring (bicyclic) bond motifs is 4. The van der Waals surface area contributed by atoms with Crippen molar-refractivity contribution in [2.45, 2.75) is 0 Å². The molecule has 0 spiro atoms. The minimum Gasteiger partial charge on any atom is -0.456 e. The first kappa shape index (κ1) is 23.3. The van der Waals surface area contributed by atoms with Crippen LogP contribution in [0.1, 0.15) is 0 Å². The number of nitrogens with zero attached hydrogens (tertiary/aromatic N) is 3. The lowest BCUT2D eigenvalue weighted by Gasteiger charge is -2.12. The second-order valence-corrected chi connectivity index (χ2v) is 10.1. The zero-order valence-corrected chi connectivity index (χ0v) is 22.0. The standard InChI is InChI=1S/C37H23N3O/c1-3-13-25(14-4-1)35-38-36(26-15-5-2-6-16-26)40-37(39-35)31-22-27(29-20-11-17-24-12-7-8-18-28(24)29)23-33-34(31)30-19-9-10-21-32(30)41-33/h1-23H. The molecule has 0 radical (unpaired) electrons. The van der Waals surface area contributed by atoms with E-state index in [1.807, 2.05) is 78.9 Å². The Balaban J connectivity index is 1.46. The normalized spacial score (nSPS) is 11.4. The van der Waals surface area contributed by atoms with Crippen molar-refractivity contribution in [3.8, 4) is 45.3 Å². The summed E-state index contributed by atoms with van der Waals surface area (Å²) in [6.07, 6.45) is 0. The monoisotopic (exact) mass is 525 g/mol. The minimum atomic E-state index is 0.608. The number of furan rings is 1. The molecule has 6 aromatic carbocycles. The highest BCUT2D eigenvalue weighted by Gasteiger charge is 2.20. The van der Waals surface area contributed by atoms with Gasteiger partial charge in [0.25, 0.3) is 0 Å². The van der Waals surface area contributed by atoms with Crippen LogP contribution < -0.4 is 0 Å². The zero-order chi connectivity index (χ0) is 27.2. The maximum atomic E-state index is 6.45. The molecule has 0 amide bonds. The highest BCUT2D eigenvalue weighted by Crippen LogP contribution is 2.41. The molecule has 0 aliphatic heterocycles. The highest BCUT2D eigenvalue weighted by atomic mass is 16.3. The molecule has 0 bridgehead atoms. The summed E-state index contributed by atoms with van der Waals surface area (Å²) in [7, 11) is 0. The van der Waals surface area contributed by atoms with E-state index in [0.29, 0.717) is 17.5 Å². The summed E-state index contributed by atoms with van der Waals surface area (Å²) in [6, 6.07) is 47.5. The smallest absolute Gasteiger partial charge is 0.164 e. The molecule has 0 aliphatic rings. The van der Waals surface area contributed by atoms with Crippen LogP contribution >= 0.6 is 0 Å². The summed E-state index contributed by atoms with van der Waals surface area (Å²) in [4.78, 5) is 15.0. The molecule has 2 aromatic heterocycles. The number of rotatable bonds is 4. The van der Waals surface area contributed by atoms with Crippen molar-refractivity contribution in [2.24, 2.45) is 0 Å². The Kier molecular flexibility index (Phi) is 5.42. The molecule has 8 rings (SSSR count). The van der Waals surface area contributed by atoms with Crippen molar-refractivity contribution in [1.82, 2.24) is 15.0 Å². The van der Waals surface area contributed by atoms with E-state index in [-0.39, 0.29) is 0 Å². The summed E-state index contributed by atoms with van der Waals surface area (Å²) >= 11 is 0. The van der Waals surface area contributed by atoms with Crippen molar-refractivity contribution in [1.29, 1.82) is 0 Å². The summed E-state index contributed by atoms with van der Waals surface area (Å²) in [5, 5.41) is 4.40. The average Bonchev–Trinajstić information content (AvgIpc) is 3.43. The lowest BCUT2D eigenvalue weighted by Crippen LogP contribution is -2.00. The third-order valence-electron chi connectivity index (χ3n) is 7.52. The van der Waals surface area contributed by atoms with Gasteiger partial charge < -0.3 is 4.42 Å². The fourth-order valence-corrected chi connectivity index (χ4v) is 5.59. The Morgan fingerprint density at radius 2 is 0.976 bits per heavy atom. The van der Waals surface area contributed by atoms with E-state index in [1.54, 1.807) is 0 Å². The Labute approximate surface area is 236 Å². The van der Waals surface area contributed by atoms with Gasteiger partial charge in [-0.2, -0.15) is 0 Å². The SMILES string of the molecule is c1ccc(-c2nc(-c3ccccc3)nc(-c3cc(-c4cccc5ccccc45)cc4oc5ccccc5c34)n2)cc1. The van der Waals surface area contributed by atoms with Crippen LogP contribution in [0.5, 0.6) is 0 Å². The van der Waals surface area contributed by atoms with E-state index in [1.165, 1.54) is 10.8 Å². The minimum absolute atomic E-state index is 0.608. The highest BCUT2D eigenvalue weighted by molar-refractivity contribution is 6.14. The van der Waals surface area contributed by atoms with Gasteiger partial charge in [0.2, 0.25) is 0 Å². The summed E-state index contributed by atoms with van der Waals surface area (Å²) in [5.41, 5.74) is 6.60. The van der Waals surface area contributed by atoms with Gasteiger partial charge in [-0.25, -0.2) is 15.0 Å². The van der Waals surface area contributed by atoms with Gasteiger partial charge in [0, 0.05) is 27.5 Å². The second-order valence-electron chi connectivity index (χ2n) is 10.1. The van der Waals surface area contributed by atoms with Crippen LogP contribution in [0.2, 0.25) is 0 Å². The molecule has 0 atom stereocenters. The molecule has 41 heavy (non-hydrogen) atoms. The van der Waals surface area contributed by atoms with Crippen LogP contribution in [-0.4, -0.2) is 15.0 Å². The Morgan fingerprint density at radius 1 is 0.390 bits per heavy atom. The molecular formula is C37H23N3O. The number of aromatic nitrogens is 3. The van der Waals surface area contributed by atoms with Gasteiger partial charge in [0.15, 0.2) is 17.5 Å². The summed E-state index contributed by atoms with van der Waals surface area (Å²) < 4.78 is 6.45. The van der Waals surface area contributed by atoms with Crippen LogP contribution in [0, 0.1) is 0 Å². The van der Waals surface area contributed by atoms with E-state index >= 15 is 0 Å². The molecule has 4 heteroatoms. The molecule has 0 N–H and O–H groups in total. The number of hydrogen-bond donors (Lipinski definition) is 0. The lowest BCUT2D eigenvalue weighted by molar-refractivity contribution is 0.669. The van der Waals surface area contributed by atoms with Crippen molar-refractivity contribution in [2.75, 3.05) is 0 Å². The van der Waals surface area contributed by atoms with Crippen LogP contribution in [0.4, 0.5) is 0 Å². The van der Waals surface area contributed by atoms with E-state index in [9.17, 15) is 0 Å². The first-order chi connectivity index (χ1) is 20.3. The Hall–Kier alpha value is -5.61. The van der Waals surface area contributed by atoms with Crippen LogP contribution in [-0.2, 0) is 0 Å². The quantitative estimate of drug-likeness (QED) is 0.230. The summed E-state index contributed by atoms with van der Waals surface area (Å²) in [5.74, 6) is 1.87. The first-order valence-corrected chi connectivity index (χ1v) is 13.6. The topological polar surface area (TPSA) is 51.8 Å². The lowest BCUT2D eigenvalue weighted by atomic mass is 9.94. The van der Waals surface area contributed by atoms with Crippen LogP contribution in [0.15, 0.2) is 144 Å². The van der Waals surface area contributed by atoms with Gasteiger partial charge in [-0.05, 0) is 40.1 Å². The number of para-hydroxylation sites is 1. The van der Waals surface area contributed by atoms with Crippen LogP contribution in [0.25, 0.3) is 78.0 Å². The van der Waals surface area contributed by atoms with Gasteiger partial charge in [-0.1, -0.05) is 121 Å². The largest absolute Gasteiger partial charge is 0.456 e. The molecule has 0 fully saturated rings. The molecule has 8 aromatic rings. The molecule has 0 aliphatic carbocycles. The summed E-state index contributed by atoms with van der Waals surface area (Å²) in [6.45, 7) is 0. The third-order valence-corrected chi connectivity index (χ3v) is 7.52. The van der Waals surface area contributed by atoms with Gasteiger partial charge >= 0.3 is 0 Å². The van der Waals surface area contributed by atoms with Gasteiger partial charge in [-0.3, -0.25) is 0 Å². The van der Waals surface area contributed by atoms with E-state index in [2.05, 4.69) is 60.7 Å². The second kappa shape index (κ2) is 9.54. The van der Waals surface area contributed by atoms with Crippen molar-refractivity contribution in [3.63, 3.8) is 0 Å². The molecule has 2 heterocycles. The van der Waals surface area contributed by atoms with E-state index < -0.39 is 0 Å². The van der Waals surface area contributed by atoms with Gasteiger partial charge in [0.05, 0.1) is 0 Å². The molecule has 0 saturated heterocycles. The van der Waals surface area contributed by atoms with E-state index in [4.69, 9.17) is 19.4 Å². The van der Waals surface area contributed by atoms with Gasteiger partial charge in [-0.15, -0.1) is 0 Å². The van der Waals surface area contributed by atoms with Crippen molar-refractivity contribution < 1.29 is 4.42 Å². The maximum absolute atomic E-state index is 6.45. The predicted octanol–water partition coefficient (Wildman–Crippen LogP) is 9.59.